The van der Waals surface area contributed by atoms with Crippen LogP contribution in [0, 0.1) is 0 Å². The summed E-state index contributed by atoms with van der Waals surface area (Å²) in [6.45, 7) is 2.24. The van der Waals surface area contributed by atoms with E-state index < -0.39 is 0 Å². The van der Waals surface area contributed by atoms with Crippen LogP contribution in [-0.4, -0.2) is 24.1 Å². The van der Waals surface area contributed by atoms with Gasteiger partial charge in [0.15, 0.2) is 5.11 Å². The predicted molar refractivity (Wildman–Crippen MR) is 116 cm³/mol. The number of carbonyl (C=O) groups is 1. The maximum absolute atomic E-state index is 12.5. The minimum atomic E-state index is -0.216. The predicted octanol–water partition coefficient (Wildman–Crippen LogP) is 4.57. The Balaban J connectivity index is 1.38. The summed E-state index contributed by atoms with van der Waals surface area (Å²) >= 11 is 5.29. The molecule has 0 atom stereocenters. The zero-order valence-electron chi connectivity index (χ0n) is 14.9. The van der Waals surface area contributed by atoms with E-state index in [9.17, 15) is 4.79 Å². The molecule has 0 saturated carbocycles. The number of benzene rings is 3. The highest BCUT2D eigenvalue weighted by Gasteiger charge is 2.12. The second-order valence-electron chi connectivity index (χ2n) is 6.71. The molecule has 1 saturated heterocycles. The molecular formula is C22H21N3OS. The van der Waals surface area contributed by atoms with Crippen LogP contribution in [0.4, 0.5) is 11.4 Å². The van der Waals surface area contributed by atoms with Crippen molar-refractivity contribution < 1.29 is 4.79 Å². The van der Waals surface area contributed by atoms with E-state index in [0.717, 1.165) is 29.5 Å². The molecule has 1 aliphatic rings. The van der Waals surface area contributed by atoms with Gasteiger partial charge in [-0.25, -0.2) is 0 Å². The van der Waals surface area contributed by atoms with Gasteiger partial charge in [0.25, 0.3) is 5.91 Å². The number of nitrogens with zero attached hydrogens (tertiary/aromatic N) is 1. The fourth-order valence-corrected chi connectivity index (χ4v) is 3.61. The third kappa shape index (κ3) is 4.09. The van der Waals surface area contributed by atoms with Crippen molar-refractivity contribution in [2.24, 2.45) is 0 Å². The topological polar surface area (TPSA) is 44.4 Å². The SMILES string of the molecule is O=C(NC(=S)Nc1ccc(N2CCCC2)cc1)c1ccc2ccccc2c1. The fraction of sp³-hybridized carbons (Fsp3) is 0.182. The van der Waals surface area contributed by atoms with E-state index in [1.54, 1.807) is 0 Å². The van der Waals surface area contributed by atoms with Gasteiger partial charge in [0.05, 0.1) is 0 Å². The first-order chi connectivity index (χ1) is 13.2. The minimum Gasteiger partial charge on any atom is -0.372 e. The highest BCUT2D eigenvalue weighted by atomic mass is 32.1. The van der Waals surface area contributed by atoms with Crippen LogP contribution in [0.15, 0.2) is 66.7 Å². The van der Waals surface area contributed by atoms with Gasteiger partial charge in [-0.15, -0.1) is 0 Å². The number of rotatable bonds is 3. The van der Waals surface area contributed by atoms with E-state index >= 15 is 0 Å². The van der Waals surface area contributed by atoms with Gasteiger partial charge in [-0.2, -0.15) is 0 Å². The van der Waals surface area contributed by atoms with Gasteiger partial charge in [-0.1, -0.05) is 30.3 Å². The molecule has 0 radical (unpaired) electrons. The number of thiocarbonyl (C=S) groups is 1. The van der Waals surface area contributed by atoms with Gasteiger partial charge in [-0.05, 0) is 72.2 Å². The molecule has 3 aromatic rings. The number of anilines is 2. The van der Waals surface area contributed by atoms with E-state index in [4.69, 9.17) is 12.2 Å². The van der Waals surface area contributed by atoms with E-state index in [1.165, 1.54) is 18.5 Å². The second kappa shape index (κ2) is 7.76. The van der Waals surface area contributed by atoms with Gasteiger partial charge >= 0.3 is 0 Å². The summed E-state index contributed by atoms with van der Waals surface area (Å²) in [5.41, 5.74) is 2.67. The molecule has 1 fully saturated rings. The maximum Gasteiger partial charge on any atom is 0.257 e. The summed E-state index contributed by atoms with van der Waals surface area (Å²) < 4.78 is 0. The Morgan fingerprint density at radius 2 is 1.59 bits per heavy atom. The van der Waals surface area contributed by atoms with Crippen LogP contribution in [0.1, 0.15) is 23.2 Å². The monoisotopic (exact) mass is 375 g/mol. The Hall–Kier alpha value is -2.92. The average Bonchev–Trinajstić information content (AvgIpc) is 3.23. The molecular weight excluding hydrogens is 354 g/mol. The first-order valence-corrected chi connectivity index (χ1v) is 9.56. The molecule has 0 aromatic heterocycles. The normalized spacial score (nSPS) is 13.6. The molecule has 3 aromatic carbocycles. The standard InChI is InChI=1S/C22H21N3OS/c26-21(18-8-7-16-5-1-2-6-17(16)15-18)24-22(27)23-19-9-11-20(12-10-19)25-13-3-4-14-25/h1-2,5-12,15H,3-4,13-14H2,(H2,23,24,26,27). The van der Waals surface area contributed by atoms with Gasteiger partial charge < -0.3 is 10.2 Å². The molecule has 1 heterocycles. The van der Waals surface area contributed by atoms with Gasteiger partial charge in [-0.3, -0.25) is 10.1 Å². The Labute approximate surface area is 164 Å². The summed E-state index contributed by atoms with van der Waals surface area (Å²) in [6.07, 6.45) is 2.51. The summed E-state index contributed by atoms with van der Waals surface area (Å²) in [5.74, 6) is -0.216. The summed E-state index contributed by atoms with van der Waals surface area (Å²) in [5, 5.41) is 8.26. The van der Waals surface area contributed by atoms with Gasteiger partial charge in [0.2, 0.25) is 0 Å². The van der Waals surface area contributed by atoms with Gasteiger partial charge in [0.1, 0.15) is 0 Å². The summed E-state index contributed by atoms with van der Waals surface area (Å²) in [4.78, 5) is 14.9. The Morgan fingerprint density at radius 1 is 0.889 bits per heavy atom. The van der Waals surface area contributed by atoms with Crippen molar-refractivity contribution >= 4 is 45.4 Å². The lowest BCUT2D eigenvalue weighted by Crippen LogP contribution is -2.34. The highest BCUT2D eigenvalue weighted by molar-refractivity contribution is 7.80. The van der Waals surface area contributed by atoms with E-state index in [2.05, 4.69) is 27.7 Å². The minimum absolute atomic E-state index is 0.216. The zero-order valence-corrected chi connectivity index (χ0v) is 15.8. The smallest absolute Gasteiger partial charge is 0.257 e. The number of amides is 1. The first kappa shape index (κ1) is 17.5. The molecule has 136 valence electrons. The van der Waals surface area contributed by atoms with E-state index in [1.807, 2.05) is 54.6 Å². The number of hydrogen-bond acceptors (Lipinski definition) is 3. The van der Waals surface area contributed by atoms with Crippen LogP contribution in [0.3, 0.4) is 0 Å². The van der Waals surface area contributed by atoms with Crippen molar-refractivity contribution in [1.82, 2.24) is 5.32 Å². The van der Waals surface area contributed by atoms with Crippen LogP contribution < -0.4 is 15.5 Å². The molecule has 4 nitrogen and oxygen atoms in total. The van der Waals surface area contributed by atoms with Gasteiger partial charge in [0, 0.05) is 30.0 Å². The Kier molecular flexibility index (Phi) is 5.03. The molecule has 4 rings (SSSR count). The third-order valence-electron chi connectivity index (χ3n) is 4.84. The second-order valence-corrected chi connectivity index (χ2v) is 7.12. The Bertz CT molecular complexity index is 978. The van der Waals surface area contributed by atoms with Crippen molar-refractivity contribution in [3.8, 4) is 0 Å². The molecule has 0 aliphatic carbocycles. The van der Waals surface area contributed by atoms with Crippen LogP contribution in [0.2, 0.25) is 0 Å². The van der Waals surface area contributed by atoms with Crippen molar-refractivity contribution in [2.45, 2.75) is 12.8 Å². The largest absolute Gasteiger partial charge is 0.372 e. The lowest BCUT2D eigenvalue weighted by molar-refractivity contribution is 0.0978. The molecule has 0 unspecified atom stereocenters. The molecule has 5 heteroatoms. The number of carbonyl (C=O) groups excluding carboxylic acids is 1. The molecule has 1 aliphatic heterocycles. The van der Waals surface area contributed by atoms with Crippen molar-refractivity contribution in [3.05, 3.63) is 72.3 Å². The molecule has 2 N–H and O–H groups in total. The van der Waals surface area contributed by atoms with Crippen molar-refractivity contribution in [1.29, 1.82) is 0 Å². The fourth-order valence-electron chi connectivity index (χ4n) is 3.40. The average molecular weight is 375 g/mol. The maximum atomic E-state index is 12.5. The zero-order chi connectivity index (χ0) is 18.6. The third-order valence-corrected chi connectivity index (χ3v) is 5.04. The number of fused-ring (bicyclic) bond motifs is 1. The van der Waals surface area contributed by atoms with Crippen LogP contribution in [-0.2, 0) is 0 Å². The quantitative estimate of drug-likeness (QED) is 0.659. The van der Waals surface area contributed by atoms with Crippen molar-refractivity contribution in [2.75, 3.05) is 23.3 Å². The van der Waals surface area contributed by atoms with E-state index in [0.29, 0.717) is 10.7 Å². The first-order valence-electron chi connectivity index (χ1n) is 9.15. The molecule has 1 amide bonds. The highest BCUT2D eigenvalue weighted by Crippen LogP contribution is 2.22. The van der Waals surface area contributed by atoms with E-state index in [-0.39, 0.29) is 5.91 Å². The Morgan fingerprint density at radius 3 is 2.33 bits per heavy atom. The van der Waals surface area contributed by atoms with Crippen LogP contribution in [0.5, 0.6) is 0 Å². The molecule has 0 bridgehead atoms. The molecule has 27 heavy (non-hydrogen) atoms. The number of hydrogen-bond donors (Lipinski definition) is 2. The lowest BCUT2D eigenvalue weighted by atomic mass is 10.1. The lowest BCUT2D eigenvalue weighted by Gasteiger charge is -2.18. The van der Waals surface area contributed by atoms with Crippen LogP contribution in [0.25, 0.3) is 10.8 Å². The summed E-state index contributed by atoms with van der Waals surface area (Å²) in [6, 6.07) is 21.7. The molecule has 0 spiro atoms. The van der Waals surface area contributed by atoms with Crippen LogP contribution >= 0.6 is 12.2 Å². The van der Waals surface area contributed by atoms with Crippen molar-refractivity contribution in [3.63, 3.8) is 0 Å². The summed E-state index contributed by atoms with van der Waals surface area (Å²) in [7, 11) is 0. The number of nitrogens with one attached hydrogen (secondary N) is 2.